The highest BCUT2D eigenvalue weighted by Gasteiger charge is 2.12. The summed E-state index contributed by atoms with van der Waals surface area (Å²) in [5.74, 6) is 1.49. The first-order valence-electron chi connectivity index (χ1n) is 8.03. The summed E-state index contributed by atoms with van der Waals surface area (Å²) in [4.78, 5) is 0. The van der Waals surface area contributed by atoms with Crippen LogP contribution in [0.5, 0.6) is 5.75 Å². The minimum Gasteiger partial charge on any atom is -0.491 e. The first kappa shape index (κ1) is 18.0. The minimum atomic E-state index is -0.675. The number of hydrogen-bond donors (Lipinski definition) is 1. The van der Waals surface area contributed by atoms with E-state index in [-0.39, 0.29) is 6.61 Å². The van der Waals surface area contributed by atoms with Crippen molar-refractivity contribution >= 4 is 11.8 Å². The van der Waals surface area contributed by atoms with Gasteiger partial charge in [-0.2, -0.15) is 5.26 Å². The van der Waals surface area contributed by atoms with Crippen molar-refractivity contribution in [1.29, 1.82) is 5.26 Å². The molecule has 6 nitrogen and oxygen atoms in total. The van der Waals surface area contributed by atoms with Gasteiger partial charge in [0.15, 0.2) is 0 Å². The van der Waals surface area contributed by atoms with Gasteiger partial charge >= 0.3 is 0 Å². The third-order valence-electron chi connectivity index (χ3n) is 3.48. The van der Waals surface area contributed by atoms with Crippen molar-refractivity contribution in [3.05, 3.63) is 60.2 Å². The number of aliphatic hydroxyl groups excluding tert-OH is 1. The van der Waals surface area contributed by atoms with E-state index in [0.29, 0.717) is 29.0 Å². The standard InChI is InChI=1S/C19H17N3O3S/c20-11-10-14-6-8-17(9-7-14)24-12-16(23)13-26-19-22-21-18(25-19)15-4-2-1-3-5-15/h1-9,16,23H,10,12-13H2/t16-/m1/s1. The summed E-state index contributed by atoms with van der Waals surface area (Å²) in [7, 11) is 0. The molecule has 0 bridgehead atoms. The number of benzene rings is 2. The number of nitriles is 1. The van der Waals surface area contributed by atoms with Crippen molar-refractivity contribution in [3.63, 3.8) is 0 Å². The van der Waals surface area contributed by atoms with Crippen molar-refractivity contribution < 1.29 is 14.3 Å². The van der Waals surface area contributed by atoms with Crippen molar-refractivity contribution in [3.8, 4) is 23.3 Å². The third kappa shape index (κ3) is 5.09. The number of rotatable bonds is 8. The molecule has 1 aromatic heterocycles. The van der Waals surface area contributed by atoms with Gasteiger partial charge in [-0.25, -0.2) is 0 Å². The van der Waals surface area contributed by atoms with Gasteiger partial charge in [0.05, 0.1) is 18.6 Å². The molecular weight excluding hydrogens is 350 g/mol. The topological polar surface area (TPSA) is 92.2 Å². The minimum absolute atomic E-state index is 0.157. The normalized spacial score (nSPS) is 11.7. The van der Waals surface area contributed by atoms with Gasteiger partial charge in [-0.15, -0.1) is 10.2 Å². The van der Waals surface area contributed by atoms with E-state index in [1.54, 1.807) is 12.1 Å². The summed E-state index contributed by atoms with van der Waals surface area (Å²) in [6.07, 6.45) is -0.305. The van der Waals surface area contributed by atoms with Crippen LogP contribution in [0.1, 0.15) is 5.56 Å². The monoisotopic (exact) mass is 367 g/mol. The van der Waals surface area contributed by atoms with Crippen molar-refractivity contribution in [2.75, 3.05) is 12.4 Å². The van der Waals surface area contributed by atoms with Crippen LogP contribution < -0.4 is 4.74 Å². The van der Waals surface area contributed by atoms with E-state index in [1.165, 1.54) is 11.8 Å². The summed E-state index contributed by atoms with van der Waals surface area (Å²) in [6, 6.07) is 18.9. The average Bonchev–Trinajstić information content (AvgIpc) is 3.16. The molecule has 7 heteroatoms. The molecule has 0 fully saturated rings. The van der Waals surface area contributed by atoms with E-state index in [4.69, 9.17) is 14.4 Å². The maximum atomic E-state index is 10.1. The van der Waals surface area contributed by atoms with Gasteiger partial charge in [-0.1, -0.05) is 42.1 Å². The maximum absolute atomic E-state index is 10.1. The van der Waals surface area contributed by atoms with Crippen LogP contribution >= 0.6 is 11.8 Å². The zero-order chi connectivity index (χ0) is 18.2. The second kappa shape index (κ2) is 9.04. The number of thioether (sulfide) groups is 1. The SMILES string of the molecule is N#CCc1ccc(OC[C@@H](O)CSc2nnc(-c3ccccc3)o2)cc1. The number of aromatic nitrogens is 2. The Kier molecular flexibility index (Phi) is 6.25. The smallest absolute Gasteiger partial charge is 0.276 e. The molecule has 0 saturated heterocycles. The lowest BCUT2D eigenvalue weighted by Gasteiger charge is -2.11. The molecule has 0 spiro atoms. The Balaban J connectivity index is 1.45. The Morgan fingerprint density at radius 2 is 1.88 bits per heavy atom. The van der Waals surface area contributed by atoms with Gasteiger partial charge in [0.25, 0.3) is 5.22 Å². The highest BCUT2D eigenvalue weighted by atomic mass is 32.2. The van der Waals surface area contributed by atoms with Crippen LogP contribution in [-0.2, 0) is 6.42 Å². The molecule has 3 rings (SSSR count). The second-order valence-electron chi connectivity index (χ2n) is 5.49. The summed E-state index contributed by atoms with van der Waals surface area (Å²) in [5, 5.41) is 27.1. The van der Waals surface area contributed by atoms with Gasteiger partial charge in [0, 0.05) is 11.3 Å². The van der Waals surface area contributed by atoms with Crippen LogP contribution in [0.3, 0.4) is 0 Å². The lowest BCUT2D eigenvalue weighted by Crippen LogP contribution is -2.20. The Morgan fingerprint density at radius 1 is 1.12 bits per heavy atom. The van der Waals surface area contributed by atoms with Gasteiger partial charge < -0.3 is 14.3 Å². The number of aliphatic hydroxyl groups is 1. The van der Waals surface area contributed by atoms with Crippen LogP contribution in [0, 0.1) is 11.3 Å². The molecule has 1 heterocycles. The van der Waals surface area contributed by atoms with E-state index in [1.807, 2.05) is 42.5 Å². The highest BCUT2D eigenvalue weighted by Crippen LogP contribution is 2.23. The zero-order valence-electron chi connectivity index (χ0n) is 13.9. The maximum Gasteiger partial charge on any atom is 0.276 e. The van der Waals surface area contributed by atoms with E-state index >= 15 is 0 Å². The summed E-state index contributed by atoms with van der Waals surface area (Å²) in [5.41, 5.74) is 1.79. The van der Waals surface area contributed by atoms with Gasteiger partial charge in [-0.05, 0) is 29.8 Å². The number of ether oxygens (including phenoxy) is 1. The van der Waals surface area contributed by atoms with Crippen LogP contribution in [0.4, 0.5) is 0 Å². The van der Waals surface area contributed by atoms with E-state index in [0.717, 1.165) is 11.1 Å². The highest BCUT2D eigenvalue weighted by molar-refractivity contribution is 7.99. The molecule has 0 aliphatic heterocycles. The molecule has 132 valence electrons. The van der Waals surface area contributed by atoms with Gasteiger partial charge in [0.1, 0.15) is 12.4 Å². The summed E-state index contributed by atoms with van der Waals surface area (Å²) in [6.45, 7) is 0.157. The molecular formula is C19H17N3O3S. The summed E-state index contributed by atoms with van der Waals surface area (Å²) >= 11 is 1.28. The third-order valence-corrected chi connectivity index (χ3v) is 4.44. The molecule has 3 aromatic rings. The lowest BCUT2D eigenvalue weighted by atomic mass is 10.2. The lowest BCUT2D eigenvalue weighted by molar-refractivity contribution is 0.126. The Morgan fingerprint density at radius 3 is 2.62 bits per heavy atom. The molecule has 0 radical (unpaired) electrons. The summed E-state index contributed by atoms with van der Waals surface area (Å²) < 4.78 is 11.1. The molecule has 2 aromatic carbocycles. The predicted octanol–water partition coefficient (Wildman–Crippen LogP) is 3.33. The fraction of sp³-hybridized carbons (Fsp3) is 0.211. The second-order valence-corrected chi connectivity index (χ2v) is 6.47. The first-order chi connectivity index (χ1) is 12.7. The van der Waals surface area contributed by atoms with E-state index in [2.05, 4.69) is 16.3 Å². The molecule has 0 aliphatic carbocycles. The van der Waals surface area contributed by atoms with Crippen molar-refractivity contribution in [2.24, 2.45) is 0 Å². The van der Waals surface area contributed by atoms with Crippen molar-refractivity contribution in [1.82, 2.24) is 10.2 Å². The Bertz CT molecular complexity index is 860. The van der Waals surface area contributed by atoms with Gasteiger partial charge in [0.2, 0.25) is 5.89 Å². The number of hydrogen-bond acceptors (Lipinski definition) is 7. The van der Waals surface area contributed by atoms with Crippen LogP contribution in [-0.4, -0.2) is 33.8 Å². The molecule has 26 heavy (non-hydrogen) atoms. The molecule has 1 N–H and O–H groups in total. The van der Waals surface area contributed by atoms with Crippen molar-refractivity contribution in [2.45, 2.75) is 17.7 Å². The molecule has 0 amide bonds. The molecule has 1 atom stereocenters. The largest absolute Gasteiger partial charge is 0.491 e. The van der Waals surface area contributed by atoms with Crippen LogP contribution in [0.25, 0.3) is 11.5 Å². The number of nitrogens with zero attached hydrogens (tertiary/aromatic N) is 3. The van der Waals surface area contributed by atoms with E-state index < -0.39 is 6.10 Å². The van der Waals surface area contributed by atoms with Crippen LogP contribution in [0.2, 0.25) is 0 Å². The quantitative estimate of drug-likeness (QED) is 0.610. The van der Waals surface area contributed by atoms with E-state index in [9.17, 15) is 5.11 Å². The zero-order valence-corrected chi connectivity index (χ0v) is 14.7. The van der Waals surface area contributed by atoms with Gasteiger partial charge in [-0.3, -0.25) is 0 Å². The molecule has 0 unspecified atom stereocenters. The Hall–Kier alpha value is -2.82. The average molecular weight is 367 g/mol. The fourth-order valence-electron chi connectivity index (χ4n) is 2.17. The fourth-order valence-corrected chi connectivity index (χ4v) is 2.84. The van der Waals surface area contributed by atoms with Crippen LogP contribution in [0.15, 0.2) is 64.2 Å². The predicted molar refractivity (Wildman–Crippen MR) is 97.7 cm³/mol. The Labute approximate surface area is 155 Å². The molecule has 0 aliphatic rings. The molecule has 0 saturated carbocycles. The first-order valence-corrected chi connectivity index (χ1v) is 9.01.